The lowest BCUT2D eigenvalue weighted by Gasteiger charge is -2.19. The van der Waals surface area contributed by atoms with Gasteiger partial charge >= 0.3 is 5.69 Å². The van der Waals surface area contributed by atoms with E-state index in [4.69, 9.17) is 0 Å². The Morgan fingerprint density at radius 1 is 1.32 bits per heavy atom. The van der Waals surface area contributed by atoms with E-state index in [-0.39, 0.29) is 11.5 Å². The van der Waals surface area contributed by atoms with Crippen LogP contribution in [0.3, 0.4) is 0 Å². The topological polar surface area (TPSA) is 66.7 Å². The van der Waals surface area contributed by atoms with Gasteiger partial charge in [-0.2, -0.15) is 4.39 Å². The molecule has 0 radical (unpaired) electrons. The van der Waals surface area contributed by atoms with Crippen molar-refractivity contribution in [3.8, 4) is 0 Å². The lowest BCUT2D eigenvalue weighted by Crippen LogP contribution is -2.33. The van der Waals surface area contributed by atoms with Gasteiger partial charge in [0.15, 0.2) is 0 Å². The number of amides is 1. The standard InChI is InChI=1S/C12H16FN3O3/c1-14(2)6-7-15(3)12(17)9-4-5-10(13)11(8-9)16(18)19/h4-5,8H,6-7H2,1-3H3. The quantitative estimate of drug-likeness (QED) is 0.598. The lowest BCUT2D eigenvalue weighted by molar-refractivity contribution is -0.387. The molecule has 1 aromatic carbocycles. The Labute approximate surface area is 110 Å². The Bertz CT molecular complexity index is 491. The van der Waals surface area contributed by atoms with E-state index in [0.717, 1.165) is 12.1 Å². The SMILES string of the molecule is CN(C)CCN(C)C(=O)c1ccc(F)c([N+](=O)[O-])c1. The van der Waals surface area contributed by atoms with Crippen molar-refractivity contribution >= 4 is 11.6 Å². The summed E-state index contributed by atoms with van der Waals surface area (Å²) in [6.07, 6.45) is 0. The Balaban J connectivity index is 2.88. The minimum absolute atomic E-state index is 0.106. The van der Waals surface area contributed by atoms with Gasteiger partial charge in [-0.15, -0.1) is 0 Å². The highest BCUT2D eigenvalue weighted by Crippen LogP contribution is 2.19. The van der Waals surface area contributed by atoms with Crippen molar-refractivity contribution in [2.45, 2.75) is 0 Å². The van der Waals surface area contributed by atoms with Crippen molar-refractivity contribution in [1.82, 2.24) is 9.80 Å². The second-order valence-corrected chi connectivity index (χ2v) is 4.45. The maximum atomic E-state index is 13.2. The summed E-state index contributed by atoms with van der Waals surface area (Å²) in [7, 11) is 5.35. The molecule has 0 aliphatic rings. The zero-order valence-electron chi connectivity index (χ0n) is 11.1. The third kappa shape index (κ3) is 3.99. The van der Waals surface area contributed by atoms with E-state index in [1.165, 1.54) is 11.0 Å². The highest BCUT2D eigenvalue weighted by atomic mass is 19.1. The molecule has 1 aromatic rings. The van der Waals surface area contributed by atoms with Crippen LogP contribution in [-0.2, 0) is 0 Å². The van der Waals surface area contributed by atoms with Crippen LogP contribution in [0.15, 0.2) is 18.2 Å². The van der Waals surface area contributed by atoms with Crippen LogP contribution >= 0.6 is 0 Å². The fourth-order valence-electron chi connectivity index (χ4n) is 1.46. The summed E-state index contributed by atoms with van der Waals surface area (Å²) in [5.41, 5.74) is -0.582. The molecule has 19 heavy (non-hydrogen) atoms. The number of hydrogen-bond acceptors (Lipinski definition) is 4. The van der Waals surface area contributed by atoms with Crippen LogP contribution in [0.1, 0.15) is 10.4 Å². The minimum Gasteiger partial charge on any atom is -0.340 e. The molecule has 7 heteroatoms. The fourth-order valence-corrected chi connectivity index (χ4v) is 1.46. The predicted molar refractivity (Wildman–Crippen MR) is 68.6 cm³/mol. The maximum Gasteiger partial charge on any atom is 0.305 e. The number of hydrogen-bond donors (Lipinski definition) is 0. The van der Waals surface area contributed by atoms with Crippen molar-refractivity contribution in [2.24, 2.45) is 0 Å². The van der Waals surface area contributed by atoms with Gasteiger partial charge < -0.3 is 9.80 Å². The highest BCUT2D eigenvalue weighted by Gasteiger charge is 2.19. The molecule has 6 nitrogen and oxygen atoms in total. The molecule has 0 bridgehead atoms. The zero-order valence-corrected chi connectivity index (χ0v) is 11.1. The second-order valence-electron chi connectivity index (χ2n) is 4.45. The molecule has 0 saturated heterocycles. The average molecular weight is 269 g/mol. The molecule has 0 saturated carbocycles. The number of halogens is 1. The number of nitro benzene ring substituents is 1. The van der Waals surface area contributed by atoms with Gasteiger partial charge in [-0.05, 0) is 26.2 Å². The van der Waals surface area contributed by atoms with Crippen LogP contribution in [0.2, 0.25) is 0 Å². The number of nitro groups is 1. The van der Waals surface area contributed by atoms with Gasteiger partial charge in [0, 0.05) is 31.8 Å². The molecule has 0 spiro atoms. The molecule has 0 heterocycles. The summed E-state index contributed by atoms with van der Waals surface area (Å²) in [6.45, 7) is 1.16. The number of carbonyl (C=O) groups is 1. The molecule has 0 N–H and O–H groups in total. The van der Waals surface area contributed by atoms with Gasteiger partial charge in [0.25, 0.3) is 5.91 Å². The van der Waals surface area contributed by atoms with Crippen LogP contribution in [0.5, 0.6) is 0 Å². The molecule has 0 aromatic heterocycles. The summed E-state index contributed by atoms with van der Waals surface area (Å²) < 4.78 is 13.2. The van der Waals surface area contributed by atoms with Crippen molar-refractivity contribution < 1.29 is 14.1 Å². The van der Waals surface area contributed by atoms with Crippen molar-refractivity contribution in [1.29, 1.82) is 0 Å². The number of carbonyl (C=O) groups excluding carboxylic acids is 1. The van der Waals surface area contributed by atoms with Crippen LogP contribution in [-0.4, -0.2) is 54.9 Å². The van der Waals surface area contributed by atoms with Gasteiger partial charge in [-0.3, -0.25) is 14.9 Å². The van der Waals surface area contributed by atoms with Gasteiger partial charge in [-0.25, -0.2) is 0 Å². The lowest BCUT2D eigenvalue weighted by atomic mass is 10.1. The van der Waals surface area contributed by atoms with E-state index in [1.54, 1.807) is 7.05 Å². The third-order valence-electron chi connectivity index (χ3n) is 2.62. The van der Waals surface area contributed by atoms with E-state index in [0.29, 0.717) is 13.1 Å². The summed E-state index contributed by atoms with van der Waals surface area (Å²) in [6, 6.07) is 3.14. The number of likely N-dealkylation sites (N-methyl/N-ethyl adjacent to an activating group) is 2. The Morgan fingerprint density at radius 3 is 2.47 bits per heavy atom. The first-order valence-electron chi connectivity index (χ1n) is 5.67. The number of nitrogens with zero attached hydrogens (tertiary/aromatic N) is 3. The molecule has 0 atom stereocenters. The van der Waals surface area contributed by atoms with Crippen LogP contribution < -0.4 is 0 Å². The Morgan fingerprint density at radius 2 is 1.95 bits per heavy atom. The molecular formula is C12H16FN3O3. The molecule has 0 unspecified atom stereocenters. The summed E-state index contributed by atoms with van der Waals surface area (Å²) >= 11 is 0. The molecular weight excluding hydrogens is 253 g/mol. The third-order valence-corrected chi connectivity index (χ3v) is 2.62. The van der Waals surface area contributed by atoms with Gasteiger partial charge in [0.05, 0.1) is 4.92 Å². The first-order chi connectivity index (χ1) is 8.82. The number of benzene rings is 1. The number of rotatable bonds is 5. The van der Waals surface area contributed by atoms with Crippen molar-refractivity contribution in [2.75, 3.05) is 34.2 Å². The summed E-state index contributed by atoms with van der Waals surface area (Å²) in [5.74, 6) is -1.32. The average Bonchev–Trinajstić information content (AvgIpc) is 2.35. The summed E-state index contributed by atoms with van der Waals surface area (Å²) in [5, 5.41) is 10.6. The normalized spacial score (nSPS) is 10.6. The molecule has 104 valence electrons. The molecule has 1 amide bonds. The second kappa shape index (κ2) is 6.24. The Hall–Kier alpha value is -2.02. The van der Waals surface area contributed by atoms with Crippen LogP contribution in [0.4, 0.5) is 10.1 Å². The molecule has 0 aliphatic heterocycles. The smallest absolute Gasteiger partial charge is 0.305 e. The summed E-state index contributed by atoms with van der Waals surface area (Å²) in [4.78, 5) is 25.1. The van der Waals surface area contributed by atoms with Gasteiger partial charge in [0.2, 0.25) is 5.82 Å². The zero-order chi connectivity index (χ0) is 14.6. The van der Waals surface area contributed by atoms with Gasteiger partial charge in [-0.1, -0.05) is 0 Å². The highest BCUT2D eigenvalue weighted by molar-refractivity contribution is 5.94. The molecule has 0 fully saturated rings. The minimum atomic E-state index is -0.947. The van der Waals surface area contributed by atoms with Gasteiger partial charge in [0.1, 0.15) is 0 Å². The van der Waals surface area contributed by atoms with E-state index < -0.39 is 16.4 Å². The van der Waals surface area contributed by atoms with E-state index in [2.05, 4.69) is 0 Å². The fraction of sp³-hybridized carbons (Fsp3) is 0.417. The van der Waals surface area contributed by atoms with Crippen molar-refractivity contribution in [3.05, 3.63) is 39.7 Å². The maximum absolute atomic E-state index is 13.2. The van der Waals surface area contributed by atoms with E-state index >= 15 is 0 Å². The van der Waals surface area contributed by atoms with E-state index in [1.807, 2.05) is 19.0 Å². The van der Waals surface area contributed by atoms with Crippen LogP contribution in [0, 0.1) is 15.9 Å². The Kier molecular flexibility index (Phi) is 4.94. The van der Waals surface area contributed by atoms with Crippen molar-refractivity contribution in [3.63, 3.8) is 0 Å². The predicted octanol–water partition coefficient (Wildman–Crippen LogP) is 1.37. The monoisotopic (exact) mass is 269 g/mol. The first kappa shape index (κ1) is 15.0. The van der Waals surface area contributed by atoms with E-state index in [9.17, 15) is 19.3 Å². The molecule has 0 aliphatic carbocycles. The largest absolute Gasteiger partial charge is 0.340 e. The van der Waals surface area contributed by atoms with Crippen LogP contribution in [0.25, 0.3) is 0 Å². The molecule has 1 rings (SSSR count). The first-order valence-corrected chi connectivity index (χ1v) is 5.67.